The maximum absolute atomic E-state index is 12.2. The highest BCUT2D eigenvalue weighted by Gasteiger charge is 2.21. The van der Waals surface area contributed by atoms with Crippen molar-refractivity contribution in [1.29, 1.82) is 0 Å². The normalized spacial score (nSPS) is 19.8. The number of fused-ring (bicyclic) bond motifs is 1. The quantitative estimate of drug-likeness (QED) is 0.848. The molecule has 2 heterocycles. The Morgan fingerprint density at radius 3 is 3.24 bits per heavy atom. The molecule has 0 saturated carbocycles. The molecule has 0 radical (unpaired) electrons. The minimum Gasteiger partial charge on any atom is -0.399 e. The number of hydrogen-bond donors (Lipinski definition) is 2. The highest BCUT2D eigenvalue weighted by Crippen LogP contribution is 2.27. The third-order valence-electron chi connectivity index (χ3n) is 3.51. The number of amides is 1. The fraction of sp³-hybridized carbons (Fsp3) is 0.429. The number of thioether (sulfide) groups is 1. The van der Waals surface area contributed by atoms with Crippen LogP contribution in [0.1, 0.15) is 6.92 Å². The standard InChI is InChI=1S/C14H18N4OS2/c1-9-8-20-5-4-18(9)7-13(19)17-14-16-11-3-2-10(15)6-12(11)21-14/h2-3,6,9H,4-5,7-8,15H2,1H3,(H,16,17,19). The van der Waals surface area contributed by atoms with Gasteiger partial charge in [-0.25, -0.2) is 4.98 Å². The number of nitrogens with zero attached hydrogens (tertiary/aromatic N) is 2. The zero-order valence-electron chi connectivity index (χ0n) is 11.8. The van der Waals surface area contributed by atoms with E-state index in [0.29, 0.717) is 23.4 Å². The zero-order chi connectivity index (χ0) is 14.8. The van der Waals surface area contributed by atoms with Crippen molar-refractivity contribution in [1.82, 2.24) is 9.88 Å². The summed E-state index contributed by atoms with van der Waals surface area (Å²) in [7, 11) is 0. The van der Waals surface area contributed by atoms with Gasteiger partial charge in [-0.05, 0) is 25.1 Å². The van der Waals surface area contributed by atoms with E-state index in [4.69, 9.17) is 5.73 Å². The molecule has 1 amide bonds. The Morgan fingerprint density at radius 1 is 1.57 bits per heavy atom. The summed E-state index contributed by atoms with van der Waals surface area (Å²) in [5, 5.41) is 3.54. The van der Waals surface area contributed by atoms with Crippen molar-refractivity contribution in [2.24, 2.45) is 0 Å². The van der Waals surface area contributed by atoms with Crippen LogP contribution in [0.15, 0.2) is 18.2 Å². The number of hydrogen-bond acceptors (Lipinski definition) is 6. The summed E-state index contributed by atoms with van der Waals surface area (Å²) in [6.07, 6.45) is 0. The van der Waals surface area contributed by atoms with E-state index in [1.54, 1.807) is 0 Å². The molecular weight excluding hydrogens is 304 g/mol. The first kappa shape index (κ1) is 14.6. The number of anilines is 2. The molecule has 2 aromatic rings. The number of aromatic nitrogens is 1. The summed E-state index contributed by atoms with van der Waals surface area (Å²) in [5.74, 6) is 2.19. The first-order valence-electron chi connectivity index (χ1n) is 6.89. The van der Waals surface area contributed by atoms with Crippen LogP contribution in [-0.2, 0) is 4.79 Å². The summed E-state index contributed by atoms with van der Waals surface area (Å²) in [6.45, 7) is 3.56. The number of nitrogens with one attached hydrogen (secondary N) is 1. The molecule has 1 aromatic heterocycles. The molecule has 7 heteroatoms. The number of nitrogen functional groups attached to an aromatic ring is 1. The van der Waals surface area contributed by atoms with E-state index in [1.807, 2.05) is 30.0 Å². The highest BCUT2D eigenvalue weighted by atomic mass is 32.2. The molecule has 1 aromatic carbocycles. The second kappa shape index (κ2) is 6.21. The number of carbonyl (C=O) groups excluding carboxylic acids is 1. The SMILES string of the molecule is CC1CSCCN1CC(=O)Nc1nc2ccc(N)cc2s1. The van der Waals surface area contributed by atoms with Gasteiger partial charge in [0.1, 0.15) is 0 Å². The van der Waals surface area contributed by atoms with Gasteiger partial charge < -0.3 is 11.1 Å². The van der Waals surface area contributed by atoms with E-state index in [0.717, 1.165) is 28.3 Å². The Kier molecular flexibility index (Phi) is 4.32. The van der Waals surface area contributed by atoms with Crippen LogP contribution < -0.4 is 11.1 Å². The molecule has 21 heavy (non-hydrogen) atoms. The number of thiazole rings is 1. The van der Waals surface area contributed by atoms with Gasteiger partial charge in [0.2, 0.25) is 5.91 Å². The molecule has 0 spiro atoms. The highest BCUT2D eigenvalue weighted by molar-refractivity contribution is 7.99. The Labute approximate surface area is 131 Å². The van der Waals surface area contributed by atoms with Crippen molar-refractivity contribution in [3.8, 4) is 0 Å². The maximum Gasteiger partial charge on any atom is 0.240 e. The monoisotopic (exact) mass is 322 g/mol. The molecule has 3 N–H and O–H groups in total. The molecule has 112 valence electrons. The largest absolute Gasteiger partial charge is 0.399 e. The average molecular weight is 322 g/mol. The lowest BCUT2D eigenvalue weighted by Crippen LogP contribution is -2.44. The summed E-state index contributed by atoms with van der Waals surface area (Å²) < 4.78 is 0.994. The second-order valence-corrected chi connectivity index (χ2v) is 7.37. The van der Waals surface area contributed by atoms with E-state index in [9.17, 15) is 4.79 Å². The van der Waals surface area contributed by atoms with Gasteiger partial charge in [0.25, 0.3) is 0 Å². The predicted octanol–water partition coefficient (Wildman–Crippen LogP) is 2.25. The number of nitrogens with two attached hydrogens (primary N) is 1. The van der Waals surface area contributed by atoms with Crippen LogP contribution in [0.5, 0.6) is 0 Å². The van der Waals surface area contributed by atoms with Crippen LogP contribution in [0.2, 0.25) is 0 Å². The second-order valence-electron chi connectivity index (χ2n) is 5.19. The first-order chi connectivity index (χ1) is 10.1. The van der Waals surface area contributed by atoms with E-state index >= 15 is 0 Å². The molecule has 0 aliphatic carbocycles. The van der Waals surface area contributed by atoms with E-state index in [2.05, 4.69) is 22.1 Å². The number of rotatable bonds is 3. The number of benzene rings is 1. The van der Waals surface area contributed by atoms with Crippen molar-refractivity contribution >= 4 is 50.0 Å². The summed E-state index contributed by atoms with van der Waals surface area (Å²) >= 11 is 3.40. The fourth-order valence-electron chi connectivity index (χ4n) is 2.33. The van der Waals surface area contributed by atoms with E-state index in [1.165, 1.54) is 11.3 Å². The summed E-state index contributed by atoms with van der Waals surface area (Å²) in [6, 6.07) is 6.03. The molecule has 1 atom stereocenters. The minimum atomic E-state index is 0.000720. The lowest BCUT2D eigenvalue weighted by atomic mass is 10.3. The van der Waals surface area contributed by atoms with Gasteiger partial charge in [0.15, 0.2) is 5.13 Å². The number of carbonyl (C=O) groups is 1. The Bertz CT molecular complexity index is 657. The first-order valence-corrected chi connectivity index (χ1v) is 8.86. The molecule has 3 rings (SSSR count). The van der Waals surface area contributed by atoms with Crippen molar-refractivity contribution < 1.29 is 4.79 Å². The smallest absolute Gasteiger partial charge is 0.240 e. The zero-order valence-corrected chi connectivity index (χ0v) is 13.5. The van der Waals surface area contributed by atoms with E-state index < -0.39 is 0 Å². The van der Waals surface area contributed by atoms with Gasteiger partial charge in [-0.3, -0.25) is 9.69 Å². The van der Waals surface area contributed by atoms with Crippen molar-refractivity contribution in [3.05, 3.63) is 18.2 Å². The van der Waals surface area contributed by atoms with Crippen LogP contribution in [0, 0.1) is 0 Å². The molecular formula is C14H18N4OS2. The van der Waals surface area contributed by atoms with Crippen molar-refractivity contribution in [3.63, 3.8) is 0 Å². The molecule has 5 nitrogen and oxygen atoms in total. The third-order valence-corrected chi connectivity index (χ3v) is 5.63. The topological polar surface area (TPSA) is 71.2 Å². The molecule has 1 unspecified atom stereocenters. The van der Waals surface area contributed by atoms with Crippen LogP contribution in [0.25, 0.3) is 10.2 Å². The van der Waals surface area contributed by atoms with Gasteiger partial charge in [0.05, 0.1) is 16.8 Å². The Morgan fingerprint density at radius 2 is 2.43 bits per heavy atom. The van der Waals surface area contributed by atoms with Crippen LogP contribution >= 0.6 is 23.1 Å². The van der Waals surface area contributed by atoms with Crippen molar-refractivity contribution in [2.45, 2.75) is 13.0 Å². The predicted molar refractivity (Wildman–Crippen MR) is 91.0 cm³/mol. The Balaban J connectivity index is 1.65. The fourth-order valence-corrected chi connectivity index (χ4v) is 4.35. The van der Waals surface area contributed by atoms with Gasteiger partial charge in [-0.15, -0.1) is 0 Å². The van der Waals surface area contributed by atoms with Crippen LogP contribution in [-0.4, -0.2) is 46.4 Å². The van der Waals surface area contributed by atoms with E-state index in [-0.39, 0.29) is 5.91 Å². The maximum atomic E-state index is 12.2. The van der Waals surface area contributed by atoms with Crippen LogP contribution in [0.3, 0.4) is 0 Å². The Hall–Kier alpha value is -1.31. The molecule has 1 aliphatic rings. The van der Waals surface area contributed by atoms with Gasteiger partial charge in [0, 0.05) is 29.8 Å². The van der Waals surface area contributed by atoms with Crippen LogP contribution in [0.4, 0.5) is 10.8 Å². The van der Waals surface area contributed by atoms with Gasteiger partial charge >= 0.3 is 0 Å². The van der Waals surface area contributed by atoms with Gasteiger partial charge in [-0.2, -0.15) is 11.8 Å². The van der Waals surface area contributed by atoms with Gasteiger partial charge in [-0.1, -0.05) is 11.3 Å². The molecule has 0 bridgehead atoms. The molecule has 1 saturated heterocycles. The van der Waals surface area contributed by atoms with Crippen molar-refractivity contribution in [2.75, 3.05) is 35.6 Å². The molecule has 1 aliphatic heterocycles. The lowest BCUT2D eigenvalue weighted by Gasteiger charge is -2.32. The summed E-state index contributed by atoms with van der Waals surface area (Å²) in [5.41, 5.74) is 7.34. The average Bonchev–Trinajstić information content (AvgIpc) is 2.82. The molecule has 1 fully saturated rings. The lowest BCUT2D eigenvalue weighted by molar-refractivity contribution is -0.117. The third kappa shape index (κ3) is 3.48. The minimum absolute atomic E-state index is 0.000720. The summed E-state index contributed by atoms with van der Waals surface area (Å²) in [4.78, 5) is 18.8.